The van der Waals surface area contributed by atoms with Crippen LogP contribution >= 0.6 is 0 Å². The lowest BCUT2D eigenvalue weighted by atomic mass is 9.68. The van der Waals surface area contributed by atoms with E-state index in [1.165, 1.54) is 12.1 Å². The highest BCUT2D eigenvalue weighted by Gasteiger charge is 2.41. The summed E-state index contributed by atoms with van der Waals surface area (Å²) in [6.45, 7) is 3.95. The van der Waals surface area contributed by atoms with Crippen molar-refractivity contribution in [1.82, 2.24) is 0 Å². The van der Waals surface area contributed by atoms with E-state index in [0.29, 0.717) is 0 Å². The Labute approximate surface area is 154 Å². The zero-order chi connectivity index (χ0) is 18.6. The third-order valence-corrected chi connectivity index (χ3v) is 5.02. The highest BCUT2D eigenvalue weighted by atomic mass is 19.1. The smallest absolute Gasteiger partial charge is 0.235 e. The van der Waals surface area contributed by atoms with E-state index >= 15 is 0 Å². The fourth-order valence-electron chi connectivity index (χ4n) is 3.71. The summed E-state index contributed by atoms with van der Waals surface area (Å²) in [5, 5.41) is 3.06. The molecule has 0 spiro atoms. The Morgan fingerprint density at radius 3 is 2.19 bits per heavy atom. The van der Waals surface area contributed by atoms with Crippen LogP contribution in [-0.4, -0.2) is 12.0 Å². The number of hydrogen-bond donors (Lipinski definition) is 1. The molecule has 1 aliphatic rings. The van der Waals surface area contributed by atoms with E-state index in [9.17, 15) is 9.18 Å². The molecule has 0 aliphatic heterocycles. The molecular weight excluding hydrogens is 329 g/mol. The predicted molar refractivity (Wildman–Crippen MR) is 102 cm³/mol. The van der Waals surface area contributed by atoms with Crippen LogP contribution in [0.25, 0.3) is 0 Å². The Kier molecular flexibility index (Phi) is 5.60. The molecule has 0 saturated heterocycles. The molecule has 0 unspecified atom stereocenters. The molecule has 2 aromatic rings. The SMILES string of the molecule is CC(C)Oc1ccc(NC(=O)C2(c3ccc(F)cc3)CCCCC2)cc1. The van der Waals surface area contributed by atoms with E-state index in [-0.39, 0.29) is 17.8 Å². The number of ether oxygens (including phenoxy) is 1. The summed E-state index contributed by atoms with van der Waals surface area (Å²) in [6.07, 6.45) is 4.84. The van der Waals surface area contributed by atoms with Gasteiger partial charge in [0, 0.05) is 5.69 Å². The summed E-state index contributed by atoms with van der Waals surface area (Å²) in [7, 11) is 0. The molecule has 1 N–H and O–H groups in total. The Morgan fingerprint density at radius 1 is 1.00 bits per heavy atom. The first-order valence-corrected chi connectivity index (χ1v) is 9.34. The van der Waals surface area contributed by atoms with Gasteiger partial charge in [-0.1, -0.05) is 31.4 Å². The number of carbonyl (C=O) groups excluding carboxylic acids is 1. The van der Waals surface area contributed by atoms with Crippen molar-refractivity contribution in [3.63, 3.8) is 0 Å². The topological polar surface area (TPSA) is 38.3 Å². The van der Waals surface area contributed by atoms with Crippen LogP contribution in [0, 0.1) is 5.82 Å². The molecule has 2 aromatic carbocycles. The quantitative estimate of drug-likeness (QED) is 0.774. The maximum absolute atomic E-state index is 13.3. The van der Waals surface area contributed by atoms with Gasteiger partial charge in [0.2, 0.25) is 5.91 Å². The minimum absolute atomic E-state index is 0.0127. The average molecular weight is 355 g/mol. The minimum atomic E-state index is -0.584. The maximum atomic E-state index is 13.3. The van der Waals surface area contributed by atoms with Gasteiger partial charge in [-0.15, -0.1) is 0 Å². The largest absolute Gasteiger partial charge is 0.491 e. The van der Waals surface area contributed by atoms with Gasteiger partial charge >= 0.3 is 0 Å². The second kappa shape index (κ2) is 7.90. The van der Waals surface area contributed by atoms with Gasteiger partial charge in [-0.05, 0) is 68.7 Å². The Bertz CT molecular complexity index is 732. The number of anilines is 1. The van der Waals surface area contributed by atoms with Crippen molar-refractivity contribution in [2.45, 2.75) is 57.5 Å². The summed E-state index contributed by atoms with van der Waals surface area (Å²) in [6, 6.07) is 13.8. The maximum Gasteiger partial charge on any atom is 0.235 e. The molecule has 1 amide bonds. The first-order chi connectivity index (χ1) is 12.5. The number of nitrogens with one attached hydrogen (secondary N) is 1. The van der Waals surface area contributed by atoms with Gasteiger partial charge in [0.25, 0.3) is 0 Å². The van der Waals surface area contributed by atoms with Crippen LogP contribution in [0.4, 0.5) is 10.1 Å². The van der Waals surface area contributed by atoms with E-state index in [2.05, 4.69) is 5.32 Å². The zero-order valence-electron chi connectivity index (χ0n) is 15.4. The third kappa shape index (κ3) is 4.06. The molecule has 26 heavy (non-hydrogen) atoms. The molecule has 4 heteroatoms. The van der Waals surface area contributed by atoms with Gasteiger partial charge < -0.3 is 10.1 Å². The normalized spacial score (nSPS) is 16.3. The van der Waals surface area contributed by atoms with Crippen molar-refractivity contribution in [2.75, 3.05) is 5.32 Å². The number of amides is 1. The zero-order valence-corrected chi connectivity index (χ0v) is 15.4. The van der Waals surface area contributed by atoms with Crippen LogP contribution in [0.1, 0.15) is 51.5 Å². The van der Waals surface area contributed by atoms with Crippen LogP contribution < -0.4 is 10.1 Å². The van der Waals surface area contributed by atoms with E-state index in [1.54, 1.807) is 12.1 Å². The highest BCUT2D eigenvalue weighted by molar-refractivity contribution is 5.99. The van der Waals surface area contributed by atoms with E-state index in [0.717, 1.165) is 49.1 Å². The molecule has 1 saturated carbocycles. The van der Waals surface area contributed by atoms with Crippen LogP contribution in [0.2, 0.25) is 0 Å². The number of hydrogen-bond acceptors (Lipinski definition) is 2. The van der Waals surface area contributed by atoms with Gasteiger partial charge in [0.1, 0.15) is 11.6 Å². The summed E-state index contributed by atoms with van der Waals surface area (Å²) >= 11 is 0. The van der Waals surface area contributed by atoms with Gasteiger partial charge in [0.15, 0.2) is 0 Å². The lowest BCUT2D eigenvalue weighted by Gasteiger charge is -2.36. The summed E-state index contributed by atoms with van der Waals surface area (Å²) in [4.78, 5) is 13.2. The van der Waals surface area contributed by atoms with Crippen molar-refractivity contribution < 1.29 is 13.9 Å². The summed E-state index contributed by atoms with van der Waals surface area (Å²) < 4.78 is 19.0. The van der Waals surface area contributed by atoms with Crippen LogP contribution in [0.3, 0.4) is 0 Å². The molecule has 3 nitrogen and oxygen atoms in total. The van der Waals surface area contributed by atoms with Crippen molar-refractivity contribution in [3.8, 4) is 5.75 Å². The van der Waals surface area contributed by atoms with E-state index < -0.39 is 5.41 Å². The first kappa shape index (κ1) is 18.4. The van der Waals surface area contributed by atoms with Gasteiger partial charge in [-0.3, -0.25) is 4.79 Å². The van der Waals surface area contributed by atoms with Crippen molar-refractivity contribution in [2.24, 2.45) is 0 Å². The fraction of sp³-hybridized carbons (Fsp3) is 0.409. The Balaban J connectivity index is 1.81. The molecule has 138 valence electrons. The van der Waals surface area contributed by atoms with Crippen molar-refractivity contribution >= 4 is 11.6 Å². The van der Waals surface area contributed by atoms with Crippen LogP contribution in [0.15, 0.2) is 48.5 Å². The van der Waals surface area contributed by atoms with Crippen molar-refractivity contribution in [3.05, 3.63) is 59.9 Å². The molecule has 0 aromatic heterocycles. The minimum Gasteiger partial charge on any atom is -0.491 e. The monoisotopic (exact) mass is 355 g/mol. The van der Waals surface area contributed by atoms with Gasteiger partial charge in [0.05, 0.1) is 11.5 Å². The predicted octanol–water partition coefficient (Wildman–Crippen LogP) is 5.45. The highest BCUT2D eigenvalue weighted by Crippen LogP contribution is 2.40. The first-order valence-electron chi connectivity index (χ1n) is 9.34. The fourth-order valence-corrected chi connectivity index (χ4v) is 3.71. The van der Waals surface area contributed by atoms with Crippen LogP contribution in [0.5, 0.6) is 5.75 Å². The summed E-state index contributed by atoms with van der Waals surface area (Å²) in [5.74, 6) is 0.492. The second-order valence-electron chi connectivity index (χ2n) is 7.29. The molecule has 0 heterocycles. The lowest BCUT2D eigenvalue weighted by molar-refractivity contribution is -0.122. The second-order valence-corrected chi connectivity index (χ2v) is 7.29. The summed E-state index contributed by atoms with van der Waals surface area (Å²) in [5.41, 5.74) is 1.06. The molecule has 1 aliphatic carbocycles. The lowest BCUT2D eigenvalue weighted by Crippen LogP contribution is -2.42. The molecule has 3 rings (SSSR count). The number of halogens is 1. The van der Waals surface area contributed by atoms with Crippen LogP contribution in [-0.2, 0) is 10.2 Å². The van der Waals surface area contributed by atoms with Crippen molar-refractivity contribution in [1.29, 1.82) is 0 Å². The molecule has 0 atom stereocenters. The number of benzene rings is 2. The average Bonchev–Trinajstić information content (AvgIpc) is 2.64. The van der Waals surface area contributed by atoms with E-state index in [4.69, 9.17) is 4.74 Å². The standard InChI is InChI=1S/C22H26FNO2/c1-16(2)26-20-12-10-19(11-13-20)24-21(25)22(14-4-3-5-15-22)17-6-8-18(23)9-7-17/h6-13,16H,3-5,14-15H2,1-2H3,(H,24,25). The number of rotatable bonds is 5. The van der Waals surface area contributed by atoms with Gasteiger partial charge in [-0.2, -0.15) is 0 Å². The van der Waals surface area contributed by atoms with E-state index in [1.807, 2.05) is 38.1 Å². The Morgan fingerprint density at radius 2 is 1.62 bits per heavy atom. The molecule has 0 bridgehead atoms. The molecular formula is C22H26FNO2. The molecule has 0 radical (unpaired) electrons. The third-order valence-electron chi connectivity index (χ3n) is 5.02. The number of carbonyl (C=O) groups is 1. The van der Waals surface area contributed by atoms with Gasteiger partial charge in [-0.25, -0.2) is 4.39 Å². The Hall–Kier alpha value is -2.36. The molecule has 1 fully saturated rings.